The van der Waals surface area contributed by atoms with Crippen LogP contribution in [0.1, 0.15) is 32.8 Å². The molecule has 0 aromatic heterocycles. The standard InChI is InChI=1S/C24H31N5O2/c1-4-25-24(26-15-18-10-12-19(13-11-18)27-23(31)17(2)3)28-20-14-22(30)29(16-20)21-8-6-5-7-9-21/h5-13,17,20H,4,14-16H2,1-3H3,(H,27,31)(H2,25,26,28). The highest BCUT2D eigenvalue weighted by Gasteiger charge is 2.31. The lowest BCUT2D eigenvalue weighted by atomic mass is 10.1. The molecular weight excluding hydrogens is 390 g/mol. The summed E-state index contributed by atoms with van der Waals surface area (Å²) in [5.41, 5.74) is 2.73. The molecule has 1 saturated heterocycles. The maximum Gasteiger partial charge on any atom is 0.229 e. The van der Waals surface area contributed by atoms with Crippen molar-refractivity contribution in [1.29, 1.82) is 0 Å². The number of nitrogens with one attached hydrogen (secondary N) is 3. The van der Waals surface area contributed by atoms with Crippen LogP contribution in [-0.2, 0) is 16.1 Å². The summed E-state index contributed by atoms with van der Waals surface area (Å²) >= 11 is 0. The zero-order valence-corrected chi connectivity index (χ0v) is 18.4. The minimum absolute atomic E-state index is 0.0000557. The first-order valence-electron chi connectivity index (χ1n) is 10.8. The average Bonchev–Trinajstić information content (AvgIpc) is 3.13. The largest absolute Gasteiger partial charge is 0.357 e. The summed E-state index contributed by atoms with van der Waals surface area (Å²) in [6.45, 7) is 7.58. The van der Waals surface area contributed by atoms with Gasteiger partial charge in [0, 0.05) is 36.8 Å². The van der Waals surface area contributed by atoms with E-state index in [2.05, 4.69) is 20.9 Å². The summed E-state index contributed by atoms with van der Waals surface area (Å²) in [4.78, 5) is 30.7. The van der Waals surface area contributed by atoms with Crippen molar-refractivity contribution >= 4 is 29.1 Å². The van der Waals surface area contributed by atoms with Gasteiger partial charge < -0.3 is 20.9 Å². The molecule has 164 valence electrons. The topological polar surface area (TPSA) is 85.8 Å². The van der Waals surface area contributed by atoms with Crippen LogP contribution < -0.4 is 20.9 Å². The second kappa shape index (κ2) is 10.6. The molecule has 1 unspecified atom stereocenters. The maximum absolute atomic E-state index is 12.4. The van der Waals surface area contributed by atoms with Crippen LogP contribution in [0.4, 0.5) is 11.4 Å². The zero-order chi connectivity index (χ0) is 22.2. The van der Waals surface area contributed by atoms with Crippen molar-refractivity contribution in [3.8, 4) is 0 Å². The van der Waals surface area contributed by atoms with Crippen molar-refractivity contribution in [2.75, 3.05) is 23.3 Å². The summed E-state index contributed by atoms with van der Waals surface area (Å²) in [6.07, 6.45) is 0.434. The van der Waals surface area contributed by atoms with Gasteiger partial charge in [0.15, 0.2) is 5.96 Å². The first-order chi connectivity index (χ1) is 15.0. The van der Waals surface area contributed by atoms with E-state index in [1.807, 2.05) is 80.3 Å². The molecule has 1 fully saturated rings. The number of aliphatic imine (C=N–C) groups is 1. The average molecular weight is 422 g/mol. The molecule has 1 aliphatic rings. The second-order valence-electron chi connectivity index (χ2n) is 7.92. The molecule has 0 bridgehead atoms. The van der Waals surface area contributed by atoms with Crippen molar-refractivity contribution < 1.29 is 9.59 Å². The third-order valence-corrected chi connectivity index (χ3v) is 5.04. The van der Waals surface area contributed by atoms with Crippen LogP contribution in [0.15, 0.2) is 59.6 Å². The number of anilines is 2. The van der Waals surface area contributed by atoms with Crippen molar-refractivity contribution in [3.63, 3.8) is 0 Å². The lowest BCUT2D eigenvalue weighted by molar-refractivity contribution is -0.119. The predicted octanol–water partition coefficient (Wildman–Crippen LogP) is 3.14. The van der Waals surface area contributed by atoms with Gasteiger partial charge in [0.2, 0.25) is 11.8 Å². The quantitative estimate of drug-likeness (QED) is 0.474. The van der Waals surface area contributed by atoms with Crippen LogP contribution in [0.5, 0.6) is 0 Å². The van der Waals surface area contributed by atoms with E-state index in [4.69, 9.17) is 0 Å². The fourth-order valence-electron chi connectivity index (χ4n) is 3.33. The van der Waals surface area contributed by atoms with Crippen molar-refractivity contribution in [2.45, 2.75) is 39.8 Å². The van der Waals surface area contributed by atoms with E-state index in [-0.39, 0.29) is 23.8 Å². The number of guanidine groups is 1. The van der Waals surface area contributed by atoms with Crippen LogP contribution in [0, 0.1) is 5.92 Å². The van der Waals surface area contributed by atoms with Gasteiger partial charge in [-0.3, -0.25) is 9.59 Å². The van der Waals surface area contributed by atoms with Gasteiger partial charge in [0.1, 0.15) is 0 Å². The number of carbonyl (C=O) groups is 2. The molecule has 7 heteroatoms. The Morgan fingerprint density at radius 3 is 2.48 bits per heavy atom. The fraction of sp³-hybridized carbons (Fsp3) is 0.375. The maximum atomic E-state index is 12.4. The Morgan fingerprint density at radius 2 is 1.84 bits per heavy atom. The van der Waals surface area contributed by atoms with Gasteiger partial charge in [-0.05, 0) is 36.8 Å². The van der Waals surface area contributed by atoms with Gasteiger partial charge in [-0.15, -0.1) is 0 Å². The lowest BCUT2D eigenvalue weighted by Gasteiger charge is -2.19. The molecule has 7 nitrogen and oxygen atoms in total. The van der Waals surface area contributed by atoms with Gasteiger partial charge in [0.25, 0.3) is 0 Å². The fourth-order valence-corrected chi connectivity index (χ4v) is 3.33. The Balaban J connectivity index is 1.59. The Morgan fingerprint density at radius 1 is 1.13 bits per heavy atom. The summed E-state index contributed by atoms with van der Waals surface area (Å²) in [6, 6.07) is 17.4. The molecule has 3 N–H and O–H groups in total. The second-order valence-corrected chi connectivity index (χ2v) is 7.92. The summed E-state index contributed by atoms with van der Waals surface area (Å²) in [5.74, 6) is 0.740. The van der Waals surface area contributed by atoms with Crippen molar-refractivity contribution in [1.82, 2.24) is 10.6 Å². The van der Waals surface area contributed by atoms with Gasteiger partial charge in [-0.1, -0.05) is 44.2 Å². The molecule has 0 saturated carbocycles. The molecule has 1 aliphatic heterocycles. The van der Waals surface area contributed by atoms with Gasteiger partial charge in [-0.25, -0.2) is 4.99 Å². The third kappa shape index (κ3) is 6.31. The molecular formula is C24H31N5O2. The molecule has 2 amide bonds. The monoisotopic (exact) mass is 421 g/mol. The number of rotatable bonds is 7. The highest BCUT2D eigenvalue weighted by Crippen LogP contribution is 2.21. The third-order valence-electron chi connectivity index (χ3n) is 5.04. The molecule has 2 aromatic carbocycles. The van der Waals surface area contributed by atoms with Crippen LogP contribution in [0.3, 0.4) is 0 Å². The molecule has 0 spiro atoms. The molecule has 1 atom stereocenters. The molecule has 0 radical (unpaired) electrons. The molecule has 1 heterocycles. The highest BCUT2D eigenvalue weighted by atomic mass is 16.2. The van der Waals surface area contributed by atoms with E-state index >= 15 is 0 Å². The Hall–Kier alpha value is -3.35. The molecule has 31 heavy (non-hydrogen) atoms. The number of nitrogens with zero attached hydrogens (tertiary/aromatic N) is 2. The molecule has 2 aromatic rings. The Kier molecular flexibility index (Phi) is 7.65. The first-order valence-corrected chi connectivity index (χ1v) is 10.8. The smallest absolute Gasteiger partial charge is 0.229 e. The number of hydrogen-bond acceptors (Lipinski definition) is 3. The predicted molar refractivity (Wildman–Crippen MR) is 125 cm³/mol. The molecule has 3 rings (SSSR count). The number of benzene rings is 2. The van der Waals surface area contributed by atoms with Crippen LogP contribution >= 0.6 is 0 Å². The van der Waals surface area contributed by atoms with E-state index < -0.39 is 0 Å². The normalized spacial score (nSPS) is 16.5. The van der Waals surface area contributed by atoms with E-state index in [0.717, 1.165) is 23.5 Å². The first kappa shape index (κ1) is 22.3. The molecule has 0 aliphatic carbocycles. The summed E-state index contributed by atoms with van der Waals surface area (Å²) < 4.78 is 0. The number of para-hydroxylation sites is 1. The van der Waals surface area contributed by atoms with Gasteiger partial charge >= 0.3 is 0 Å². The SMILES string of the molecule is CCNC(=NCc1ccc(NC(=O)C(C)C)cc1)NC1CC(=O)N(c2ccccc2)C1. The van der Waals surface area contributed by atoms with Crippen molar-refractivity contribution in [2.24, 2.45) is 10.9 Å². The zero-order valence-electron chi connectivity index (χ0n) is 18.4. The van der Waals surface area contributed by atoms with Gasteiger partial charge in [-0.2, -0.15) is 0 Å². The van der Waals surface area contributed by atoms with Crippen molar-refractivity contribution in [3.05, 3.63) is 60.2 Å². The Bertz CT molecular complexity index is 909. The minimum atomic E-state index is -0.0571. The van der Waals surface area contributed by atoms with E-state index in [1.54, 1.807) is 0 Å². The summed E-state index contributed by atoms with van der Waals surface area (Å²) in [7, 11) is 0. The van der Waals surface area contributed by atoms with Crippen LogP contribution in [0.25, 0.3) is 0 Å². The Labute approximate surface area is 183 Å². The number of hydrogen-bond donors (Lipinski definition) is 3. The number of amides is 2. The highest BCUT2D eigenvalue weighted by molar-refractivity contribution is 5.97. The minimum Gasteiger partial charge on any atom is -0.357 e. The van der Waals surface area contributed by atoms with E-state index in [9.17, 15) is 9.59 Å². The van der Waals surface area contributed by atoms with E-state index in [0.29, 0.717) is 25.5 Å². The van der Waals surface area contributed by atoms with Crippen LogP contribution in [0.2, 0.25) is 0 Å². The van der Waals surface area contributed by atoms with Gasteiger partial charge in [0.05, 0.1) is 12.6 Å². The summed E-state index contributed by atoms with van der Waals surface area (Å²) in [5, 5.41) is 9.53. The number of carbonyl (C=O) groups excluding carboxylic acids is 2. The van der Waals surface area contributed by atoms with E-state index in [1.165, 1.54) is 0 Å². The van der Waals surface area contributed by atoms with Crippen LogP contribution in [-0.4, -0.2) is 36.9 Å². The lowest BCUT2D eigenvalue weighted by Crippen LogP contribution is -2.44.